The fourth-order valence-electron chi connectivity index (χ4n) is 2.43. The molecule has 6 nitrogen and oxygen atoms in total. The third-order valence-electron chi connectivity index (χ3n) is 3.55. The molecule has 1 amide bonds. The predicted octanol–water partition coefficient (Wildman–Crippen LogP) is -0.144. The number of aromatic amines is 1. The van der Waals surface area contributed by atoms with Crippen molar-refractivity contribution in [3.05, 3.63) is 18.0 Å². The molecule has 6 heteroatoms. The second kappa shape index (κ2) is 5.49. The van der Waals surface area contributed by atoms with Crippen molar-refractivity contribution in [2.75, 3.05) is 7.05 Å². The Kier molecular flexibility index (Phi) is 3.98. The lowest BCUT2D eigenvalue weighted by atomic mass is 9.83. The molecule has 4 N–H and O–H groups in total. The molecule has 2 rings (SSSR count). The molecule has 1 heterocycles. The summed E-state index contributed by atoms with van der Waals surface area (Å²) in [6, 6.07) is 1.56. The number of aliphatic hydroxyl groups is 1. The van der Waals surface area contributed by atoms with E-state index in [2.05, 4.69) is 10.2 Å². The molecule has 1 aliphatic rings. The number of carbonyl (C=O) groups is 1. The summed E-state index contributed by atoms with van der Waals surface area (Å²) in [4.78, 5) is 13.9. The predicted molar refractivity (Wildman–Crippen MR) is 66.4 cm³/mol. The molecule has 0 aromatic carbocycles. The van der Waals surface area contributed by atoms with E-state index in [9.17, 15) is 9.90 Å². The number of nitrogens with one attached hydrogen (secondary N) is 1. The molecule has 3 atom stereocenters. The van der Waals surface area contributed by atoms with Gasteiger partial charge in [0.1, 0.15) is 0 Å². The van der Waals surface area contributed by atoms with Crippen LogP contribution < -0.4 is 5.73 Å². The van der Waals surface area contributed by atoms with E-state index in [-0.39, 0.29) is 17.9 Å². The van der Waals surface area contributed by atoms with Crippen molar-refractivity contribution in [1.82, 2.24) is 15.1 Å². The van der Waals surface area contributed by atoms with Crippen LogP contribution in [0, 0.1) is 5.92 Å². The van der Waals surface area contributed by atoms with E-state index < -0.39 is 6.10 Å². The average Bonchev–Trinajstić information content (AvgIpc) is 2.84. The van der Waals surface area contributed by atoms with Gasteiger partial charge in [0.25, 0.3) is 0 Å². The highest BCUT2D eigenvalue weighted by molar-refractivity contribution is 5.78. The van der Waals surface area contributed by atoms with Crippen LogP contribution in [0.5, 0.6) is 0 Å². The highest BCUT2D eigenvalue weighted by Crippen LogP contribution is 2.25. The summed E-state index contributed by atoms with van der Waals surface area (Å²) >= 11 is 0. The van der Waals surface area contributed by atoms with Crippen molar-refractivity contribution in [3.8, 4) is 0 Å². The SMILES string of the molecule is CN(Cc1ccn[nH]1)C(=O)[C@H]1CC[C@@H](O)[C@H](N)C1. The molecular weight excluding hydrogens is 232 g/mol. The quantitative estimate of drug-likeness (QED) is 0.697. The van der Waals surface area contributed by atoms with Crippen LogP contribution in [-0.4, -0.2) is 45.3 Å². The number of H-pyrrole nitrogens is 1. The number of nitrogens with zero attached hydrogens (tertiary/aromatic N) is 2. The van der Waals surface area contributed by atoms with Gasteiger partial charge in [-0.05, 0) is 25.3 Å². The summed E-state index contributed by atoms with van der Waals surface area (Å²) < 4.78 is 0. The Bertz CT molecular complexity index is 393. The standard InChI is InChI=1S/C12H20N4O2/c1-16(7-9-4-5-14-15-9)12(18)8-2-3-11(17)10(13)6-8/h4-5,8,10-11,17H,2-3,6-7,13H2,1H3,(H,14,15)/t8-,10+,11+/m0/s1. The van der Waals surface area contributed by atoms with E-state index in [1.54, 1.807) is 18.1 Å². The molecule has 0 spiro atoms. The van der Waals surface area contributed by atoms with Gasteiger partial charge in [0, 0.05) is 25.2 Å². The number of nitrogens with two attached hydrogens (primary N) is 1. The van der Waals surface area contributed by atoms with Crippen LogP contribution in [0.15, 0.2) is 12.3 Å². The second-order valence-electron chi connectivity index (χ2n) is 5.02. The number of aromatic nitrogens is 2. The molecule has 1 aromatic heterocycles. The number of carbonyl (C=O) groups excluding carboxylic acids is 1. The topological polar surface area (TPSA) is 95.2 Å². The Morgan fingerprint density at radius 2 is 2.44 bits per heavy atom. The molecule has 1 aromatic rings. The summed E-state index contributed by atoms with van der Waals surface area (Å²) in [6.07, 6.45) is 3.08. The molecule has 1 saturated carbocycles. The number of hydrogen-bond acceptors (Lipinski definition) is 4. The van der Waals surface area contributed by atoms with Gasteiger partial charge in [-0.15, -0.1) is 0 Å². The first kappa shape index (κ1) is 13.0. The van der Waals surface area contributed by atoms with Gasteiger partial charge in [0.2, 0.25) is 5.91 Å². The Labute approximate surface area is 106 Å². The second-order valence-corrected chi connectivity index (χ2v) is 5.02. The Morgan fingerprint density at radius 3 is 3.06 bits per heavy atom. The monoisotopic (exact) mass is 252 g/mol. The van der Waals surface area contributed by atoms with E-state index in [4.69, 9.17) is 5.73 Å². The summed E-state index contributed by atoms with van der Waals surface area (Å²) in [5.41, 5.74) is 6.71. The third kappa shape index (κ3) is 2.88. The molecule has 0 unspecified atom stereocenters. The van der Waals surface area contributed by atoms with Gasteiger partial charge < -0.3 is 15.7 Å². The number of amides is 1. The van der Waals surface area contributed by atoms with Crippen molar-refractivity contribution in [3.63, 3.8) is 0 Å². The highest BCUT2D eigenvalue weighted by atomic mass is 16.3. The minimum Gasteiger partial charge on any atom is -0.392 e. The summed E-state index contributed by atoms with van der Waals surface area (Å²) in [6.45, 7) is 0.521. The number of rotatable bonds is 3. The first-order valence-electron chi connectivity index (χ1n) is 6.25. The maximum Gasteiger partial charge on any atom is 0.225 e. The van der Waals surface area contributed by atoms with Crippen molar-refractivity contribution in [2.45, 2.75) is 38.0 Å². The van der Waals surface area contributed by atoms with Crippen molar-refractivity contribution in [1.29, 1.82) is 0 Å². The molecule has 1 aliphatic carbocycles. The summed E-state index contributed by atoms with van der Waals surface area (Å²) in [5.74, 6) is 0.0169. The van der Waals surface area contributed by atoms with Crippen molar-refractivity contribution < 1.29 is 9.90 Å². The van der Waals surface area contributed by atoms with E-state index >= 15 is 0 Å². The molecule has 0 saturated heterocycles. The van der Waals surface area contributed by atoms with E-state index in [0.717, 1.165) is 5.69 Å². The zero-order chi connectivity index (χ0) is 13.1. The lowest BCUT2D eigenvalue weighted by molar-refractivity contribution is -0.136. The van der Waals surface area contributed by atoms with Gasteiger partial charge >= 0.3 is 0 Å². The zero-order valence-corrected chi connectivity index (χ0v) is 10.5. The molecule has 100 valence electrons. The highest BCUT2D eigenvalue weighted by Gasteiger charge is 2.32. The summed E-state index contributed by atoms with van der Waals surface area (Å²) in [5, 5.41) is 16.2. The van der Waals surface area contributed by atoms with Gasteiger partial charge in [-0.3, -0.25) is 9.89 Å². The van der Waals surface area contributed by atoms with Crippen LogP contribution in [0.2, 0.25) is 0 Å². The first-order chi connectivity index (χ1) is 8.58. The summed E-state index contributed by atoms with van der Waals surface area (Å²) in [7, 11) is 1.78. The Morgan fingerprint density at radius 1 is 1.67 bits per heavy atom. The minimum atomic E-state index is -0.466. The van der Waals surface area contributed by atoms with E-state index in [1.165, 1.54) is 0 Å². The molecular formula is C12H20N4O2. The smallest absolute Gasteiger partial charge is 0.225 e. The van der Waals surface area contributed by atoms with Gasteiger partial charge in [0.05, 0.1) is 18.3 Å². The van der Waals surface area contributed by atoms with Crippen LogP contribution in [0.4, 0.5) is 0 Å². The fourth-order valence-corrected chi connectivity index (χ4v) is 2.43. The minimum absolute atomic E-state index is 0.0729. The van der Waals surface area contributed by atoms with E-state index in [0.29, 0.717) is 25.8 Å². The molecule has 1 fully saturated rings. The molecule has 0 aliphatic heterocycles. The third-order valence-corrected chi connectivity index (χ3v) is 3.55. The zero-order valence-electron chi connectivity index (χ0n) is 10.5. The van der Waals surface area contributed by atoms with E-state index in [1.807, 2.05) is 6.07 Å². The lowest BCUT2D eigenvalue weighted by Crippen LogP contribution is -2.45. The Balaban J connectivity index is 1.90. The normalized spacial score (nSPS) is 28.1. The maximum atomic E-state index is 12.2. The van der Waals surface area contributed by atoms with Crippen LogP contribution in [0.25, 0.3) is 0 Å². The van der Waals surface area contributed by atoms with Gasteiger partial charge in [-0.2, -0.15) is 5.10 Å². The maximum absolute atomic E-state index is 12.2. The first-order valence-corrected chi connectivity index (χ1v) is 6.25. The fraction of sp³-hybridized carbons (Fsp3) is 0.667. The van der Waals surface area contributed by atoms with Gasteiger partial charge in [-0.25, -0.2) is 0 Å². The van der Waals surface area contributed by atoms with Crippen LogP contribution in [0.1, 0.15) is 25.0 Å². The van der Waals surface area contributed by atoms with Crippen LogP contribution in [0.3, 0.4) is 0 Å². The van der Waals surface area contributed by atoms with Gasteiger partial charge in [-0.1, -0.05) is 0 Å². The average molecular weight is 252 g/mol. The number of aliphatic hydroxyl groups excluding tert-OH is 1. The van der Waals surface area contributed by atoms with Crippen LogP contribution >= 0.6 is 0 Å². The largest absolute Gasteiger partial charge is 0.392 e. The van der Waals surface area contributed by atoms with Gasteiger partial charge in [0.15, 0.2) is 0 Å². The molecule has 18 heavy (non-hydrogen) atoms. The Hall–Kier alpha value is -1.40. The lowest BCUT2D eigenvalue weighted by Gasteiger charge is -2.32. The van der Waals surface area contributed by atoms with Crippen LogP contribution in [-0.2, 0) is 11.3 Å². The molecule has 0 radical (unpaired) electrons. The molecule has 0 bridgehead atoms. The van der Waals surface area contributed by atoms with Crippen molar-refractivity contribution in [2.24, 2.45) is 11.7 Å². The number of hydrogen-bond donors (Lipinski definition) is 3. The van der Waals surface area contributed by atoms with Crippen molar-refractivity contribution >= 4 is 5.91 Å².